The first-order chi connectivity index (χ1) is 7.67. The van der Waals surface area contributed by atoms with Gasteiger partial charge in [-0.2, -0.15) is 0 Å². The van der Waals surface area contributed by atoms with Crippen molar-refractivity contribution in [2.75, 3.05) is 13.7 Å². The van der Waals surface area contributed by atoms with Gasteiger partial charge in [-0.05, 0) is 29.9 Å². The van der Waals surface area contributed by atoms with Crippen molar-refractivity contribution in [1.82, 2.24) is 0 Å². The summed E-state index contributed by atoms with van der Waals surface area (Å²) in [5, 5.41) is 10.1. The molecule has 0 aromatic heterocycles. The molecule has 2 unspecified atom stereocenters. The zero-order valence-corrected chi connectivity index (χ0v) is 10.4. The van der Waals surface area contributed by atoms with Gasteiger partial charge in [0.2, 0.25) is 0 Å². The Bertz CT molecular complexity index is 309. The molecule has 2 atom stereocenters. The van der Waals surface area contributed by atoms with Gasteiger partial charge in [-0.25, -0.2) is 0 Å². The monoisotopic (exact) mass is 222 g/mol. The number of aryl methyl sites for hydroxylation is 1. The van der Waals surface area contributed by atoms with E-state index >= 15 is 0 Å². The maximum Gasteiger partial charge on any atom is 0.0793 e. The highest BCUT2D eigenvalue weighted by Gasteiger charge is 2.12. The summed E-state index contributed by atoms with van der Waals surface area (Å²) in [5.74, 6) is 0.380. The molecular formula is C14H22O2. The molecule has 0 bridgehead atoms. The van der Waals surface area contributed by atoms with E-state index < -0.39 is 0 Å². The summed E-state index contributed by atoms with van der Waals surface area (Å²) in [4.78, 5) is 0. The number of rotatable bonds is 6. The summed E-state index contributed by atoms with van der Waals surface area (Å²) in [6.45, 7) is 4.92. The molecule has 0 spiro atoms. The second-order valence-electron chi connectivity index (χ2n) is 4.41. The summed E-state index contributed by atoms with van der Waals surface area (Å²) in [7, 11) is 1.70. The number of aliphatic hydroxyl groups is 1. The Morgan fingerprint density at radius 1 is 1.38 bits per heavy atom. The van der Waals surface area contributed by atoms with Gasteiger partial charge in [0.25, 0.3) is 0 Å². The van der Waals surface area contributed by atoms with E-state index in [-0.39, 0.29) is 6.10 Å². The molecule has 1 rings (SSSR count). The van der Waals surface area contributed by atoms with Crippen molar-refractivity contribution in [2.24, 2.45) is 5.92 Å². The van der Waals surface area contributed by atoms with Crippen LogP contribution in [0.25, 0.3) is 0 Å². The van der Waals surface area contributed by atoms with Crippen molar-refractivity contribution in [3.05, 3.63) is 35.4 Å². The zero-order valence-electron chi connectivity index (χ0n) is 10.4. The van der Waals surface area contributed by atoms with E-state index in [2.05, 4.69) is 26.0 Å². The van der Waals surface area contributed by atoms with Crippen molar-refractivity contribution >= 4 is 0 Å². The summed E-state index contributed by atoms with van der Waals surface area (Å²) in [6.07, 6.45) is 1.38. The zero-order chi connectivity index (χ0) is 12.0. The van der Waals surface area contributed by atoms with E-state index in [1.807, 2.05) is 12.1 Å². The van der Waals surface area contributed by atoms with E-state index in [1.165, 1.54) is 5.56 Å². The fourth-order valence-corrected chi connectivity index (χ4v) is 1.89. The Morgan fingerprint density at radius 2 is 2.12 bits per heavy atom. The van der Waals surface area contributed by atoms with Crippen molar-refractivity contribution in [2.45, 2.75) is 32.8 Å². The maximum atomic E-state index is 10.1. The van der Waals surface area contributed by atoms with Crippen LogP contribution in [-0.4, -0.2) is 18.8 Å². The highest BCUT2D eigenvalue weighted by Crippen LogP contribution is 2.22. The summed E-state index contributed by atoms with van der Waals surface area (Å²) in [5.41, 5.74) is 2.29. The molecule has 2 heteroatoms. The Balaban J connectivity index is 2.61. The molecule has 90 valence electrons. The first-order valence-electron chi connectivity index (χ1n) is 5.93. The number of methoxy groups -OCH3 is 1. The maximum absolute atomic E-state index is 10.1. The average Bonchev–Trinajstić information content (AvgIpc) is 2.29. The lowest BCUT2D eigenvalue weighted by Gasteiger charge is -2.16. The lowest BCUT2D eigenvalue weighted by atomic mass is 9.97. The second kappa shape index (κ2) is 6.66. The van der Waals surface area contributed by atoms with Gasteiger partial charge in [0.05, 0.1) is 6.10 Å². The molecule has 16 heavy (non-hydrogen) atoms. The van der Waals surface area contributed by atoms with Crippen LogP contribution < -0.4 is 0 Å². The molecule has 1 aromatic carbocycles. The Hall–Kier alpha value is -0.860. The van der Waals surface area contributed by atoms with Gasteiger partial charge in [-0.1, -0.05) is 38.1 Å². The largest absolute Gasteiger partial charge is 0.388 e. The molecular weight excluding hydrogens is 200 g/mol. The average molecular weight is 222 g/mol. The lowest BCUT2D eigenvalue weighted by Crippen LogP contribution is -2.09. The van der Waals surface area contributed by atoms with Gasteiger partial charge in [-0.3, -0.25) is 0 Å². The lowest BCUT2D eigenvalue weighted by molar-refractivity contribution is 0.102. The first kappa shape index (κ1) is 13.2. The minimum Gasteiger partial charge on any atom is -0.388 e. The Morgan fingerprint density at radius 3 is 2.75 bits per heavy atom. The summed E-state index contributed by atoms with van der Waals surface area (Å²) >= 11 is 0. The Labute approximate surface area is 98.3 Å². The molecule has 0 saturated carbocycles. The van der Waals surface area contributed by atoms with Gasteiger partial charge >= 0.3 is 0 Å². The van der Waals surface area contributed by atoms with E-state index in [0.29, 0.717) is 12.5 Å². The molecule has 1 N–H and O–H groups in total. The second-order valence-corrected chi connectivity index (χ2v) is 4.41. The number of benzene rings is 1. The molecule has 0 aliphatic heterocycles. The van der Waals surface area contributed by atoms with Crippen molar-refractivity contribution in [3.63, 3.8) is 0 Å². The number of hydrogen-bond donors (Lipinski definition) is 1. The fraction of sp³-hybridized carbons (Fsp3) is 0.571. The standard InChI is InChI=1S/C14H22O2/c1-4-12-6-5-7-13(9-12)14(15)8-11(2)10-16-3/h5-7,9,11,14-15H,4,8,10H2,1-3H3. The van der Waals surface area contributed by atoms with E-state index in [4.69, 9.17) is 4.74 Å². The van der Waals surface area contributed by atoms with Crippen LogP contribution in [-0.2, 0) is 11.2 Å². The normalized spacial score (nSPS) is 14.8. The van der Waals surface area contributed by atoms with Crippen LogP contribution in [0.15, 0.2) is 24.3 Å². The first-order valence-corrected chi connectivity index (χ1v) is 5.93. The minimum atomic E-state index is -0.378. The van der Waals surface area contributed by atoms with Crippen molar-refractivity contribution in [1.29, 1.82) is 0 Å². The van der Waals surface area contributed by atoms with Gasteiger partial charge in [0, 0.05) is 13.7 Å². The summed E-state index contributed by atoms with van der Waals surface area (Å²) < 4.78 is 5.07. The van der Waals surface area contributed by atoms with E-state index in [9.17, 15) is 5.11 Å². The molecule has 1 aromatic rings. The molecule has 0 saturated heterocycles. The number of aliphatic hydroxyl groups excluding tert-OH is 1. The third-order valence-electron chi connectivity index (χ3n) is 2.82. The molecule has 0 aliphatic rings. The van der Waals surface area contributed by atoms with Crippen LogP contribution in [0.2, 0.25) is 0 Å². The topological polar surface area (TPSA) is 29.5 Å². The molecule has 0 radical (unpaired) electrons. The van der Waals surface area contributed by atoms with Crippen LogP contribution >= 0.6 is 0 Å². The summed E-state index contributed by atoms with van der Waals surface area (Å²) in [6, 6.07) is 8.18. The Kier molecular flexibility index (Phi) is 5.50. The highest BCUT2D eigenvalue weighted by atomic mass is 16.5. The minimum absolute atomic E-state index is 0.378. The van der Waals surface area contributed by atoms with Crippen LogP contribution in [0.3, 0.4) is 0 Å². The molecule has 0 aliphatic carbocycles. The van der Waals surface area contributed by atoms with Crippen LogP contribution in [0.5, 0.6) is 0 Å². The van der Waals surface area contributed by atoms with Crippen LogP contribution in [0.4, 0.5) is 0 Å². The van der Waals surface area contributed by atoms with Gasteiger partial charge in [0.15, 0.2) is 0 Å². The van der Waals surface area contributed by atoms with Crippen molar-refractivity contribution in [3.8, 4) is 0 Å². The van der Waals surface area contributed by atoms with E-state index in [1.54, 1.807) is 7.11 Å². The third-order valence-corrected chi connectivity index (χ3v) is 2.82. The smallest absolute Gasteiger partial charge is 0.0793 e. The molecule has 2 nitrogen and oxygen atoms in total. The van der Waals surface area contributed by atoms with Gasteiger partial charge in [-0.15, -0.1) is 0 Å². The highest BCUT2D eigenvalue weighted by molar-refractivity contribution is 5.25. The van der Waals surface area contributed by atoms with Gasteiger partial charge in [0.1, 0.15) is 0 Å². The SMILES string of the molecule is CCc1cccc(C(O)CC(C)COC)c1. The van der Waals surface area contributed by atoms with Crippen LogP contribution in [0.1, 0.15) is 37.5 Å². The molecule has 0 fully saturated rings. The number of ether oxygens (including phenoxy) is 1. The van der Waals surface area contributed by atoms with Crippen LogP contribution in [0, 0.1) is 5.92 Å². The quantitative estimate of drug-likeness (QED) is 0.802. The van der Waals surface area contributed by atoms with Crippen molar-refractivity contribution < 1.29 is 9.84 Å². The van der Waals surface area contributed by atoms with Gasteiger partial charge < -0.3 is 9.84 Å². The fourth-order valence-electron chi connectivity index (χ4n) is 1.89. The third kappa shape index (κ3) is 3.95. The van der Waals surface area contributed by atoms with E-state index in [0.717, 1.165) is 18.4 Å². The molecule has 0 amide bonds. The number of hydrogen-bond acceptors (Lipinski definition) is 2. The predicted octanol–water partition coefficient (Wildman–Crippen LogP) is 2.96. The predicted molar refractivity (Wildman–Crippen MR) is 66.4 cm³/mol. The molecule has 0 heterocycles.